The number of amides is 3. The van der Waals surface area contributed by atoms with Crippen LogP contribution in [0.3, 0.4) is 0 Å². The van der Waals surface area contributed by atoms with E-state index in [9.17, 15) is 36.3 Å². The number of nitrogen functional groups attached to an aromatic ring is 9. The minimum atomic E-state index is -3.82. The maximum absolute atomic E-state index is 11.3. The fourth-order valence-corrected chi connectivity index (χ4v) is 12.3. The summed E-state index contributed by atoms with van der Waals surface area (Å²) in [6.07, 6.45) is 1.10. The molecule has 0 aromatic heterocycles. The van der Waals surface area contributed by atoms with E-state index in [0.717, 1.165) is 51.5 Å². The number of primary amides is 3. The van der Waals surface area contributed by atoms with E-state index in [1.807, 2.05) is 105 Å². The Bertz CT molecular complexity index is 6220. The molecule has 145 heavy (non-hydrogen) atoms. The summed E-state index contributed by atoms with van der Waals surface area (Å²) in [7, 11) is 11.7. The van der Waals surface area contributed by atoms with Gasteiger partial charge in [-0.3, -0.25) is 57.7 Å². The topological polar surface area (TPSA) is 864 Å². The molecule has 0 atom stereocenters. The summed E-state index contributed by atoms with van der Waals surface area (Å²) in [6, 6.07) is 73.1. The number of sulfone groups is 1. The van der Waals surface area contributed by atoms with Gasteiger partial charge in [0.1, 0.15) is 109 Å². The number of anilines is 4. The number of rotatable bonds is 27. The molecule has 0 aliphatic carbocycles. The van der Waals surface area contributed by atoms with E-state index < -0.39 is 37.6 Å². The van der Waals surface area contributed by atoms with Crippen molar-refractivity contribution in [1.29, 1.82) is 48.5 Å². The van der Waals surface area contributed by atoms with Gasteiger partial charge in [-0.2, -0.15) is 5.26 Å². The molecule has 0 aliphatic rings. The van der Waals surface area contributed by atoms with E-state index in [-0.39, 0.29) is 79.3 Å². The van der Waals surface area contributed by atoms with Crippen molar-refractivity contribution >= 4 is 107 Å². The number of aromatic hydroxyl groups is 1. The third-order valence-corrected chi connectivity index (χ3v) is 20.6. The minimum absolute atomic E-state index is 0.00769. The molecule has 0 saturated heterocycles. The molecule has 0 radical (unpaired) electrons. The fourth-order valence-electron chi connectivity index (χ4n) is 10.8. The molecular weight excluding hydrogens is 1900 g/mol. The number of phenolic OH excluding ortho intramolecular Hbond substituents is 1. The van der Waals surface area contributed by atoms with Crippen LogP contribution < -0.4 is 144 Å². The number of hydrogen-bond acceptors (Lipinski definition) is 32. The van der Waals surface area contributed by atoms with Crippen LogP contribution in [0.5, 0.6) is 57.5 Å². The van der Waals surface area contributed by atoms with Gasteiger partial charge >= 0.3 is 0 Å². The second kappa shape index (κ2) is 64.4. The first-order valence-electron chi connectivity index (χ1n) is 41.9. The summed E-state index contributed by atoms with van der Waals surface area (Å²) in [4.78, 5) is 32.2. The van der Waals surface area contributed by atoms with E-state index in [0.29, 0.717) is 103 Å². The molecule has 772 valence electrons. The number of primary sulfonamides is 1. The molecule has 42 N–H and O–H groups in total. The SMILES string of the molecule is CNc1cccc(C(=N)N)c1.CNc1cccc(C(N)=O)c1.CNc1cccc(CN)c1.COc1cc(C(=N)N)ccc1C#N.COc1cc(C(=N)N)ccc1C(N)=O.COc1cc(C(=N)N)ccc1N.COc1cc(C(=N)N)ccc1O.COc1cc(C(=N)N)ccc1S(C)(=O)=O.COc1cc(C(=N)N)ccc1S(N)(=O)=O.COc1cccc(C(=N)N)c1.COc1cccc(C(N)=O)c1.COc1cccc(CN)c1. The molecule has 0 unspecified atom stereocenters. The van der Waals surface area contributed by atoms with E-state index in [4.69, 9.17) is 177 Å². The molecule has 12 aromatic rings. The number of phenols is 1. The van der Waals surface area contributed by atoms with Gasteiger partial charge in [0.2, 0.25) is 21.8 Å². The Morgan fingerprint density at radius 2 is 0.614 bits per heavy atom. The number of nitrogens with one attached hydrogen (secondary N) is 11. The van der Waals surface area contributed by atoms with Gasteiger partial charge in [0.05, 0.1) is 80.8 Å². The second-order valence-corrected chi connectivity index (χ2v) is 32.1. The molecule has 0 heterocycles. The molecule has 0 saturated carbocycles. The van der Waals surface area contributed by atoms with Crippen LogP contribution in [-0.4, -0.2) is 178 Å². The number of benzene rings is 12. The largest absolute Gasteiger partial charge is 0.504 e. The Hall–Kier alpha value is -18.7. The number of methoxy groups -OCH3 is 9. The lowest BCUT2D eigenvalue weighted by Crippen LogP contribution is -2.15. The molecule has 0 fully saturated rings. The number of carbonyl (C=O) groups excluding carboxylic acids is 3. The van der Waals surface area contributed by atoms with Crippen molar-refractivity contribution < 1.29 is 79.0 Å². The van der Waals surface area contributed by atoms with Gasteiger partial charge in [-0.1, -0.05) is 66.7 Å². The van der Waals surface area contributed by atoms with Crippen LogP contribution in [-0.2, 0) is 33.0 Å². The predicted molar refractivity (Wildman–Crippen MR) is 570 cm³/mol. The molecular formula is C99H127N27O17S2. The number of hydrogen-bond donors (Lipinski definition) is 27. The van der Waals surface area contributed by atoms with Crippen LogP contribution in [0.2, 0.25) is 0 Å². The second-order valence-electron chi connectivity index (χ2n) is 28.6. The van der Waals surface area contributed by atoms with Crippen LogP contribution in [0.1, 0.15) is 92.3 Å². The normalized spacial score (nSPS) is 9.65. The standard InChI is InChI=1S/C9H11N3O2.C9H9N3O.C9H12N2O3S.C8H11N3O3S.C8H11N3O.C8H11N3.C8H10N2O2.2C8H10N2O.C8H12N2.C8H9NO2.C8H11NO/c1-14-7-4-5(8(10)11)2-3-6(7)9(12)13;1-13-8-4-6(9(11)12)2-3-7(8)5-10;1-14-7-5-6(9(10)11)3-4-8(7)15(2,12)13;1-14-6-4-5(8(9)10)2-3-7(6)15(11,12)13;1-12-7-4-5(8(10)11)2-3-6(7)9;1-11-7-4-2-3-6(5-7)8(9)10;1-12-7-4-5(8(9)10)2-3-6(7)11;1-11-7-4-2-3-6(5-7)8(9)10;1-10-7-4-2-3-6(5-7)8(9)11;1-10-8-4-2-3-7(5-8)6-9;1-11-7-4-2-3-6(5-7)8(9)10;1-10-8-4-2-3-7(5-8)6-9/h2-4H,1H3,(H3,10,11)(H2,12,13);2-4H,1H3,(H3,11,12);3-5H,1-2H3,(H3,10,11);2-4H,1H3,(H3,9,10)(H2,11,12,13);2-4H,9H2,1H3,(H3,10,11);2-5,11H,1H3,(H3,9,10);2-4,11H,1H3,(H3,9,10);2-5H,1H3,(H3,9,10);2-5,10H,1H3,(H2,9,11);2-5,10H,6,9H2,1H3;2-5H,1H3,(H2,9,10);2-5H,6,9H2,1H3. The van der Waals surface area contributed by atoms with Crippen LogP contribution in [0.4, 0.5) is 22.7 Å². The van der Waals surface area contributed by atoms with Crippen molar-refractivity contribution in [2.75, 3.05) is 113 Å². The highest BCUT2D eigenvalue weighted by Gasteiger charge is 2.18. The van der Waals surface area contributed by atoms with E-state index in [1.54, 1.807) is 138 Å². The molecule has 0 spiro atoms. The molecule has 46 heteroatoms. The zero-order valence-electron chi connectivity index (χ0n) is 82.1. The third-order valence-electron chi connectivity index (χ3n) is 18.6. The van der Waals surface area contributed by atoms with E-state index in [2.05, 4.69) is 16.0 Å². The number of ether oxygens (including phenoxy) is 9. The summed E-state index contributed by atoms with van der Waals surface area (Å²) < 4.78 is 89.2. The lowest BCUT2D eigenvalue weighted by atomic mass is 10.1. The molecule has 12 rings (SSSR count). The number of nitrogens with two attached hydrogens (primary N) is 15. The van der Waals surface area contributed by atoms with Crippen molar-refractivity contribution in [3.05, 3.63) is 333 Å². The Kier molecular flexibility index (Phi) is 55.2. The number of sulfonamides is 1. The lowest BCUT2D eigenvalue weighted by Gasteiger charge is -2.08. The Labute approximate surface area is 841 Å². The predicted octanol–water partition coefficient (Wildman–Crippen LogP) is 8.14. The first kappa shape index (κ1) is 124. The van der Waals surface area contributed by atoms with Gasteiger partial charge < -0.3 is 144 Å². The Morgan fingerprint density at radius 3 is 0.986 bits per heavy atom. The molecule has 0 aliphatic heterocycles. The maximum Gasteiger partial charge on any atom is 0.252 e. The monoisotopic (exact) mass is 2030 g/mol. The summed E-state index contributed by atoms with van der Waals surface area (Å²) >= 11 is 0. The minimum Gasteiger partial charge on any atom is -0.504 e. The maximum atomic E-state index is 11.3. The number of nitrogens with zero attached hydrogens (tertiary/aromatic N) is 1. The van der Waals surface area contributed by atoms with E-state index in [1.165, 1.54) is 103 Å². The highest BCUT2D eigenvalue weighted by Crippen LogP contribution is 2.29. The Morgan fingerprint density at radius 1 is 0.324 bits per heavy atom. The van der Waals surface area contributed by atoms with E-state index >= 15 is 0 Å². The smallest absolute Gasteiger partial charge is 0.252 e. The van der Waals surface area contributed by atoms with Crippen molar-refractivity contribution in [1.82, 2.24) is 0 Å². The summed E-state index contributed by atoms with van der Waals surface area (Å²) in [5.74, 6) is 2.45. The summed E-state index contributed by atoms with van der Waals surface area (Å²) in [5, 5.41) is 89.1. The number of carbonyl (C=O) groups is 3. The van der Waals surface area contributed by atoms with Gasteiger partial charge in [-0.15, -0.1) is 0 Å². The van der Waals surface area contributed by atoms with Crippen molar-refractivity contribution in [2.24, 2.45) is 79.7 Å². The first-order chi connectivity index (χ1) is 68.4. The zero-order chi connectivity index (χ0) is 110. The molecule has 44 nitrogen and oxygen atoms in total. The molecule has 12 aromatic carbocycles. The third kappa shape index (κ3) is 45.2. The van der Waals surface area contributed by atoms with Crippen molar-refractivity contribution in [3.8, 4) is 63.6 Å². The van der Waals surface area contributed by atoms with Crippen LogP contribution in [0.15, 0.2) is 265 Å². The quantitative estimate of drug-likeness (QED) is 0.0131. The summed E-state index contributed by atoms with van der Waals surface area (Å²) in [6.45, 7) is 1.17. The fraction of sp³-hybridized carbons (Fsp3) is 0.152. The number of nitriles is 1. The molecule has 3 amide bonds. The van der Waals surface area contributed by atoms with Crippen LogP contribution in [0, 0.1) is 54.6 Å². The van der Waals surface area contributed by atoms with Gasteiger partial charge in [0, 0.05) is 113 Å². The Balaban J connectivity index is 0.000000792. The van der Waals surface area contributed by atoms with Crippen molar-refractivity contribution in [3.63, 3.8) is 0 Å². The average Bonchev–Trinajstić information content (AvgIpc) is 0.816. The first-order valence-corrected chi connectivity index (χ1v) is 45.3. The van der Waals surface area contributed by atoms with Gasteiger partial charge in [0.15, 0.2) is 21.3 Å². The van der Waals surface area contributed by atoms with Gasteiger partial charge in [-0.05, 0) is 199 Å². The summed E-state index contributed by atoms with van der Waals surface area (Å²) in [5.41, 5.74) is 85.7. The van der Waals surface area contributed by atoms with Crippen LogP contribution >= 0.6 is 0 Å². The van der Waals surface area contributed by atoms with Gasteiger partial charge in [-0.25, -0.2) is 22.0 Å². The van der Waals surface area contributed by atoms with Crippen LogP contribution in [0.25, 0.3) is 0 Å². The van der Waals surface area contributed by atoms with Gasteiger partial charge in [0.25, 0.3) is 5.91 Å². The highest BCUT2D eigenvalue weighted by atomic mass is 32.2. The highest BCUT2D eigenvalue weighted by molar-refractivity contribution is 7.90. The average molecular weight is 2030 g/mol. The zero-order valence-corrected chi connectivity index (χ0v) is 83.7. The molecule has 0 bridgehead atoms. The van der Waals surface area contributed by atoms with Crippen molar-refractivity contribution in [2.45, 2.75) is 22.9 Å². The lowest BCUT2D eigenvalue weighted by molar-refractivity contribution is 0.0989. The number of amidine groups is 8.